The number of hydrogen-bond acceptors (Lipinski definition) is 4. The molecule has 1 atom stereocenters. The van der Waals surface area contributed by atoms with Crippen LogP contribution in [0.15, 0.2) is 53.4 Å². The maximum atomic E-state index is 14.1. The van der Waals surface area contributed by atoms with Crippen LogP contribution in [-0.2, 0) is 5.72 Å². The number of hydrogen-bond donors (Lipinski definition) is 1. The molecule has 6 heteroatoms. The summed E-state index contributed by atoms with van der Waals surface area (Å²) in [7, 11) is 0. The molecule has 114 valence electrons. The molecule has 22 heavy (non-hydrogen) atoms. The van der Waals surface area contributed by atoms with Gasteiger partial charge in [0.2, 0.25) is 0 Å². The van der Waals surface area contributed by atoms with Gasteiger partial charge in [-0.25, -0.2) is 4.39 Å². The first-order valence-corrected chi connectivity index (χ1v) is 8.86. The van der Waals surface area contributed by atoms with Crippen LogP contribution in [0.2, 0.25) is 0 Å². The molecule has 3 rings (SSSR count). The highest BCUT2D eigenvalue weighted by Gasteiger charge is 2.47. The third kappa shape index (κ3) is 2.51. The van der Waals surface area contributed by atoms with Gasteiger partial charge in [-0.3, -0.25) is 9.69 Å². The number of carbonyl (C=O) groups excluding carboxylic acids is 1. The summed E-state index contributed by atoms with van der Waals surface area (Å²) in [6.45, 7) is 0. The second-order valence-corrected chi connectivity index (χ2v) is 6.67. The molecule has 0 bridgehead atoms. The lowest BCUT2D eigenvalue weighted by atomic mass is 10.0. The second-order valence-electron chi connectivity index (χ2n) is 4.89. The topological polar surface area (TPSA) is 40.5 Å². The molecule has 3 nitrogen and oxygen atoms in total. The zero-order chi connectivity index (χ0) is 15.7. The van der Waals surface area contributed by atoms with Crippen molar-refractivity contribution in [2.45, 2.75) is 10.6 Å². The summed E-state index contributed by atoms with van der Waals surface area (Å²) >= 11 is 2.33. The van der Waals surface area contributed by atoms with E-state index < -0.39 is 11.5 Å². The van der Waals surface area contributed by atoms with E-state index in [9.17, 15) is 14.3 Å². The van der Waals surface area contributed by atoms with E-state index in [0.717, 1.165) is 11.8 Å². The zero-order valence-corrected chi connectivity index (χ0v) is 13.5. The molecule has 0 aliphatic carbocycles. The molecule has 0 saturated carbocycles. The quantitative estimate of drug-likeness (QED) is 0.859. The average Bonchev–Trinajstić information content (AvgIpc) is 2.84. The van der Waals surface area contributed by atoms with E-state index in [0.29, 0.717) is 16.1 Å². The Hall–Kier alpha value is -1.50. The van der Waals surface area contributed by atoms with Gasteiger partial charge in [-0.15, -0.1) is 11.8 Å². The minimum atomic E-state index is -1.54. The van der Waals surface area contributed by atoms with Gasteiger partial charge in [0.05, 0.1) is 5.75 Å². The fourth-order valence-electron chi connectivity index (χ4n) is 2.47. The normalized spacial score (nSPS) is 21.4. The first-order valence-electron chi connectivity index (χ1n) is 6.64. The lowest BCUT2D eigenvalue weighted by Gasteiger charge is -2.33. The summed E-state index contributed by atoms with van der Waals surface area (Å²) in [4.78, 5) is 14.0. The Morgan fingerprint density at radius 2 is 2.00 bits per heavy atom. The highest BCUT2D eigenvalue weighted by molar-refractivity contribution is 8.14. The fourth-order valence-corrected chi connectivity index (χ4v) is 3.93. The Morgan fingerprint density at radius 1 is 1.27 bits per heavy atom. The second kappa shape index (κ2) is 5.95. The summed E-state index contributed by atoms with van der Waals surface area (Å²) in [5.41, 5.74) is -0.569. The van der Waals surface area contributed by atoms with Gasteiger partial charge in [0.25, 0.3) is 5.24 Å². The number of carbonyl (C=O) groups is 1. The summed E-state index contributed by atoms with van der Waals surface area (Å²) in [5.74, 6) is -0.227. The SMILES string of the molecule is CSc1ccc(C2(O)CSC(=O)N2c2ccccc2)cc1F. The van der Waals surface area contributed by atoms with Gasteiger partial charge in [0.1, 0.15) is 5.82 Å². The number of rotatable bonds is 3. The number of amides is 1. The molecule has 2 aromatic rings. The van der Waals surface area contributed by atoms with Gasteiger partial charge in [-0.1, -0.05) is 36.0 Å². The largest absolute Gasteiger partial charge is 0.366 e. The molecule has 1 unspecified atom stereocenters. The first kappa shape index (κ1) is 15.4. The van der Waals surface area contributed by atoms with E-state index >= 15 is 0 Å². The lowest BCUT2D eigenvalue weighted by molar-refractivity contribution is 0.0722. The van der Waals surface area contributed by atoms with Gasteiger partial charge >= 0.3 is 0 Å². The summed E-state index contributed by atoms with van der Waals surface area (Å²) < 4.78 is 14.1. The number of aliphatic hydroxyl groups is 1. The van der Waals surface area contributed by atoms with Crippen LogP contribution in [0, 0.1) is 5.82 Å². The molecular weight excluding hydrogens is 321 g/mol. The standard InChI is InChI=1S/C16H14FNO2S2/c1-21-14-8-7-11(9-13(14)17)16(20)10-22-15(19)18(16)12-5-3-2-4-6-12/h2-9,20H,10H2,1H3. The van der Waals surface area contributed by atoms with Crippen LogP contribution < -0.4 is 4.90 Å². The minimum Gasteiger partial charge on any atom is -0.366 e. The molecule has 1 aliphatic heterocycles. The molecule has 1 saturated heterocycles. The smallest absolute Gasteiger partial charge is 0.288 e. The van der Waals surface area contributed by atoms with Crippen molar-refractivity contribution in [3.8, 4) is 0 Å². The van der Waals surface area contributed by atoms with Crippen LogP contribution >= 0.6 is 23.5 Å². The minimum absolute atomic E-state index is 0.165. The highest BCUT2D eigenvalue weighted by Crippen LogP contribution is 2.42. The van der Waals surface area contributed by atoms with Crippen molar-refractivity contribution in [3.05, 3.63) is 59.9 Å². The van der Waals surface area contributed by atoms with Crippen LogP contribution in [-0.4, -0.2) is 22.4 Å². The van der Waals surface area contributed by atoms with E-state index in [1.807, 2.05) is 6.07 Å². The van der Waals surface area contributed by atoms with Crippen molar-refractivity contribution in [2.24, 2.45) is 0 Å². The number of benzene rings is 2. The van der Waals surface area contributed by atoms with E-state index in [1.54, 1.807) is 42.7 Å². The summed E-state index contributed by atoms with van der Waals surface area (Å²) in [6.07, 6.45) is 1.79. The molecule has 1 fully saturated rings. The van der Waals surface area contributed by atoms with Gasteiger partial charge in [-0.2, -0.15) is 0 Å². The Kier molecular flexibility index (Phi) is 4.16. The van der Waals surface area contributed by atoms with Crippen molar-refractivity contribution in [1.82, 2.24) is 0 Å². The monoisotopic (exact) mass is 335 g/mol. The van der Waals surface area contributed by atoms with Crippen LogP contribution in [0.1, 0.15) is 5.56 Å². The first-order chi connectivity index (χ1) is 10.6. The predicted octanol–water partition coefficient (Wildman–Crippen LogP) is 4.07. The van der Waals surface area contributed by atoms with Crippen molar-refractivity contribution in [3.63, 3.8) is 0 Å². The molecule has 2 aromatic carbocycles. The zero-order valence-electron chi connectivity index (χ0n) is 11.8. The Morgan fingerprint density at radius 3 is 2.64 bits per heavy atom. The number of halogens is 1. The van der Waals surface area contributed by atoms with Gasteiger partial charge < -0.3 is 5.11 Å². The fraction of sp³-hybridized carbons (Fsp3) is 0.188. The number of para-hydroxylation sites is 1. The predicted molar refractivity (Wildman–Crippen MR) is 88.9 cm³/mol. The highest BCUT2D eigenvalue weighted by atomic mass is 32.2. The van der Waals surface area contributed by atoms with Crippen LogP contribution in [0.25, 0.3) is 0 Å². The van der Waals surface area contributed by atoms with Gasteiger partial charge in [-0.05, 0) is 30.5 Å². The molecule has 0 radical (unpaired) electrons. The molecular formula is C16H14FNO2S2. The van der Waals surface area contributed by atoms with E-state index in [1.165, 1.54) is 22.7 Å². The van der Waals surface area contributed by atoms with Crippen molar-refractivity contribution < 1.29 is 14.3 Å². The lowest BCUT2D eigenvalue weighted by Crippen LogP contribution is -2.44. The molecule has 1 amide bonds. The van der Waals surface area contributed by atoms with Gasteiger partial charge in [0.15, 0.2) is 5.72 Å². The van der Waals surface area contributed by atoms with E-state index in [4.69, 9.17) is 0 Å². The molecule has 1 heterocycles. The third-order valence-electron chi connectivity index (χ3n) is 3.58. The Labute approximate surface area is 136 Å². The Bertz CT molecular complexity index is 711. The maximum absolute atomic E-state index is 14.1. The number of anilines is 1. The number of thioether (sulfide) groups is 2. The van der Waals surface area contributed by atoms with Crippen LogP contribution in [0.4, 0.5) is 14.9 Å². The molecule has 0 spiro atoms. The van der Waals surface area contributed by atoms with E-state index in [2.05, 4.69) is 0 Å². The summed E-state index contributed by atoms with van der Waals surface area (Å²) in [6, 6.07) is 13.5. The number of nitrogens with zero attached hydrogens (tertiary/aromatic N) is 1. The van der Waals surface area contributed by atoms with Gasteiger partial charge in [0, 0.05) is 16.1 Å². The molecule has 1 aliphatic rings. The summed E-state index contributed by atoms with van der Waals surface area (Å²) in [5, 5.41) is 10.8. The van der Waals surface area contributed by atoms with E-state index in [-0.39, 0.29) is 11.0 Å². The van der Waals surface area contributed by atoms with Crippen LogP contribution in [0.5, 0.6) is 0 Å². The van der Waals surface area contributed by atoms with Crippen molar-refractivity contribution in [2.75, 3.05) is 16.9 Å². The Balaban J connectivity index is 2.07. The third-order valence-corrected chi connectivity index (χ3v) is 5.33. The molecule has 0 aromatic heterocycles. The van der Waals surface area contributed by atoms with Crippen molar-refractivity contribution >= 4 is 34.5 Å². The average molecular weight is 335 g/mol. The van der Waals surface area contributed by atoms with Crippen LogP contribution in [0.3, 0.4) is 0 Å². The maximum Gasteiger partial charge on any atom is 0.288 e. The molecule has 1 N–H and O–H groups in total. The van der Waals surface area contributed by atoms with Crippen molar-refractivity contribution in [1.29, 1.82) is 0 Å².